The van der Waals surface area contributed by atoms with Crippen LogP contribution in [0.25, 0.3) is 0 Å². The fourth-order valence-electron chi connectivity index (χ4n) is 1.20. The average molecular weight is 192 g/mol. The third kappa shape index (κ3) is 1.48. The van der Waals surface area contributed by atoms with Gasteiger partial charge in [0.25, 0.3) is 0 Å². The lowest BCUT2D eigenvalue weighted by Gasteiger charge is -2.00. The summed E-state index contributed by atoms with van der Waals surface area (Å²) >= 11 is 0. The predicted molar refractivity (Wildman–Crippen MR) is 46.4 cm³/mol. The molecule has 1 saturated carbocycles. The van der Waals surface area contributed by atoms with E-state index in [1.165, 1.54) is 6.20 Å². The quantitative estimate of drug-likeness (QED) is 0.718. The first-order valence-corrected chi connectivity index (χ1v) is 4.27. The highest BCUT2D eigenvalue weighted by atomic mass is 16.4. The van der Waals surface area contributed by atoms with E-state index < -0.39 is 5.97 Å². The fourth-order valence-corrected chi connectivity index (χ4v) is 1.20. The zero-order valence-electron chi connectivity index (χ0n) is 7.30. The van der Waals surface area contributed by atoms with Crippen LogP contribution in [0.3, 0.4) is 0 Å². The Balaban J connectivity index is 2.45. The highest BCUT2D eigenvalue weighted by Gasteiger charge is 2.28. The highest BCUT2D eigenvalue weighted by Crippen LogP contribution is 2.37. The Morgan fingerprint density at radius 1 is 1.57 bits per heavy atom. The molecule has 0 spiro atoms. The number of aromatic nitrogens is 2. The molecule has 1 aliphatic carbocycles. The molecular weight excluding hydrogens is 184 g/mol. The number of nitrogens with zero attached hydrogens (tertiary/aromatic N) is 2. The summed E-state index contributed by atoms with van der Waals surface area (Å²) in [7, 11) is 0. The second-order valence-electron chi connectivity index (χ2n) is 3.23. The van der Waals surface area contributed by atoms with Crippen molar-refractivity contribution in [2.75, 3.05) is 0 Å². The molecule has 1 aromatic rings. The van der Waals surface area contributed by atoms with Gasteiger partial charge < -0.3 is 5.11 Å². The summed E-state index contributed by atoms with van der Waals surface area (Å²) in [6.07, 6.45) is 3.73. The van der Waals surface area contributed by atoms with Crippen molar-refractivity contribution < 1.29 is 14.7 Å². The molecule has 14 heavy (non-hydrogen) atoms. The minimum Gasteiger partial charge on any atom is -0.476 e. The van der Waals surface area contributed by atoms with Gasteiger partial charge in [-0.1, -0.05) is 0 Å². The van der Waals surface area contributed by atoms with E-state index in [9.17, 15) is 9.59 Å². The average Bonchev–Trinajstić information content (AvgIpc) is 3.00. The van der Waals surface area contributed by atoms with Crippen LogP contribution in [0, 0.1) is 0 Å². The van der Waals surface area contributed by atoms with Gasteiger partial charge in [-0.2, -0.15) is 0 Å². The Labute approximate surface area is 79.8 Å². The molecule has 2 rings (SSSR count). The number of hydrogen-bond acceptors (Lipinski definition) is 4. The number of rotatable bonds is 3. The van der Waals surface area contributed by atoms with Gasteiger partial charge in [-0.15, -0.1) is 0 Å². The Hall–Kier alpha value is -1.78. The second kappa shape index (κ2) is 3.17. The number of carbonyl (C=O) groups excluding carboxylic acids is 1. The van der Waals surface area contributed by atoms with Gasteiger partial charge in [-0.05, 0) is 12.8 Å². The van der Waals surface area contributed by atoms with Crippen molar-refractivity contribution in [2.24, 2.45) is 0 Å². The van der Waals surface area contributed by atoms with Crippen LogP contribution in [0.2, 0.25) is 0 Å². The minimum atomic E-state index is -1.18. The zero-order chi connectivity index (χ0) is 10.1. The normalized spacial score (nSPS) is 15.1. The maximum absolute atomic E-state index is 10.7. The number of aromatic carboxylic acids is 1. The first kappa shape index (κ1) is 8.80. The van der Waals surface area contributed by atoms with Crippen molar-refractivity contribution in [2.45, 2.75) is 18.8 Å². The molecular formula is C9H8N2O3. The molecule has 0 aliphatic heterocycles. The van der Waals surface area contributed by atoms with Crippen LogP contribution >= 0.6 is 0 Å². The molecule has 0 atom stereocenters. The summed E-state index contributed by atoms with van der Waals surface area (Å²) < 4.78 is 0. The van der Waals surface area contributed by atoms with E-state index >= 15 is 0 Å². The van der Waals surface area contributed by atoms with Gasteiger partial charge >= 0.3 is 5.97 Å². The summed E-state index contributed by atoms with van der Waals surface area (Å²) in [5.74, 6) is -0.363. The second-order valence-corrected chi connectivity index (χ2v) is 3.23. The predicted octanol–water partition coefficient (Wildman–Crippen LogP) is 0.865. The summed E-state index contributed by atoms with van der Waals surface area (Å²) in [5.41, 5.74) is -0.168. The highest BCUT2D eigenvalue weighted by molar-refractivity contribution is 5.94. The molecule has 0 radical (unpaired) electrons. The lowest BCUT2D eigenvalue weighted by molar-refractivity contribution is 0.0686. The maximum atomic E-state index is 10.7. The standard InChI is InChI=1S/C9H8N2O3/c12-4-6-3-10-8(5-1-2-5)11-7(6)9(13)14/h3-5H,1-2H2,(H,13,14). The van der Waals surface area contributed by atoms with Crippen molar-refractivity contribution in [3.8, 4) is 0 Å². The SMILES string of the molecule is O=Cc1cnc(C2CC2)nc1C(=O)O. The van der Waals surface area contributed by atoms with Crippen LogP contribution in [-0.4, -0.2) is 27.3 Å². The molecule has 5 heteroatoms. The van der Waals surface area contributed by atoms with Gasteiger partial charge in [-0.3, -0.25) is 4.79 Å². The van der Waals surface area contributed by atoms with E-state index in [0.717, 1.165) is 12.8 Å². The Kier molecular flexibility index (Phi) is 1.99. The Morgan fingerprint density at radius 2 is 2.29 bits per heavy atom. The van der Waals surface area contributed by atoms with Crippen molar-refractivity contribution in [1.29, 1.82) is 0 Å². The Morgan fingerprint density at radius 3 is 2.79 bits per heavy atom. The molecule has 1 N–H and O–H groups in total. The van der Waals surface area contributed by atoms with Crippen LogP contribution in [0.1, 0.15) is 45.4 Å². The van der Waals surface area contributed by atoms with Gasteiger partial charge in [0, 0.05) is 12.1 Å². The molecule has 1 aromatic heterocycles. The van der Waals surface area contributed by atoms with Gasteiger partial charge in [0.15, 0.2) is 12.0 Å². The van der Waals surface area contributed by atoms with Crippen molar-refractivity contribution in [3.05, 3.63) is 23.3 Å². The van der Waals surface area contributed by atoms with Crippen LogP contribution in [0.4, 0.5) is 0 Å². The lowest BCUT2D eigenvalue weighted by Crippen LogP contribution is -2.08. The molecule has 0 unspecified atom stereocenters. The third-order valence-electron chi connectivity index (χ3n) is 2.11. The molecule has 5 nitrogen and oxygen atoms in total. The number of carbonyl (C=O) groups is 2. The fraction of sp³-hybridized carbons (Fsp3) is 0.333. The van der Waals surface area contributed by atoms with Crippen LogP contribution in [0.15, 0.2) is 6.20 Å². The van der Waals surface area contributed by atoms with Crippen LogP contribution < -0.4 is 0 Å². The largest absolute Gasteiger partial charge is 0.476 e. The minimum absolute atomic E-state index is 0.0295. The van der Waals surface area contributed by atoms with Gasteiger partial charge in [0.1, 0.15) is 5.82 Å². The molecule has 0 amide bonds. The van der Waals surface area contributed by atoms with E-state index in [1.54, 1.807) is 0 Å². The first-order chi connectivity index (χ1) is 6.72. The molecule has 0 saturated heterocycles. The Bertz CT molecular complexity index is 399. The number of carboxylic acids is 1. The van der Waals surface area contributed by atoms with E-state index in [-0.39, 0.29) is 17.2 Å². The summed E-state index contributed by atoms with van der Waals surface area (Å²) in [6, 6.07) is 0. The van der Waals surface area contributed by atoms with Crippen molar-refractivity contribution in [3.63, 3.8) is 0 Å². The number of aldehydes is 1. The first-order valence-electron chi connectivity index (χ1n) is 4.27. The van der Waals surface area contributed by atoms with Gasteiger partial charge in [-0.25, -0.2) is 14.8 Å². The van der Waals surface area contributed by atoms with Crippen molar-refractivity contribution >= 4 is 12.3 Å². The molecule has 72 valence electrons. The summed E-state index contributed by atoms with van der Waals surface area (Å²) in [4.78, 5) is 29.0. The van der Waals surface area contributed by atoms with E-state index in [2.05, 4.69) is 9.97 Å². The molecule has 0 bridgehead atoms. The zero-order valence-corrected chi connectivity index (χ0v) is 7.30. The van der Waals surface area contributed by atoms with E-state index in [4.69, 9.17) is 5.11 Å². The molecule has 1 aliphatic rings. The molecule has 1 fully saturated rings. The van der Waals surface area contributed by atoms with Crippen molar-refractivity contribution in [1.82, 2.24) is 9.97 Å². The van der Waals surface area contributed by atoms with Gasteiger partial charge in [0.05, 0.1) is 5.56 Å². The number of carboxylic acid groups (broad SMARTS) is 1. The topological polar surface area (TPSA) is 80.2 Å². The maximum Gasteiger partial charge on any atom is 0.355 e. The van der Waals surface area contributed by atoms with E-state index in [1.807, 2.05) is 0 Å². The smallest absolute Gasteiger partial charge is 0.355 e. The summed E-state index contributed by atoms with van der Waals surface area (Å²) in [6.45, 7) is 0. The molecule has 1 heterocycles. The third-order valence-corrected chi connectivity index (χ3v) is 2.11. The van der Waals surface area contributed by atoms with Crippen LogP contribution in [0.5, 0.6) is 0 Å². The lowest BCUT2D eigenvalue weighted by atomic mass is 10.2. The van der Waals surface area contributed by atoms with E-state index in [0.29, 0.717) is 12.1 Å². The van der Waals surface area contributed by atoms with Gasteiger partial charge in [0.2, 0.25) is 0 Å². The number of hydrogen-bond donors (Lipinski definition) is 1. The monoisotopic (exact) mass is 192 g/mol. The van der Waals surface area contributed by atoms with Crippen LogP contribution in [-0.2, 0) is 0 Å². The molecule has 0 aromatic carbocycles. The summed E-state index contributed by atoms with van der Waals surface area (Å²) in [5, 5.41) is 8.77.